The van der Waals surface area contributed by atoms with Gasteiger partial charge in [-0.1, -0.05) is 43.6 Å². The molecular formula is C20H18ClF4NO. The Kier molecular flexibility index (Phi) is 5.88. The van der Waals surface area contributed by atoms with Gasteiger partial charge in [0.2, 0.25) is 0 Å². The molecular weight excluding hydrogens is 382 g/mol. The summed E-state index contributed by atoms with van der Waals surface area (Å²) >= 11 is 6.00. The molecule has 1 unspecified atom stereocenters. The number of aliphatic hydroxyl groups is 1. The summed E-state index contributed by atoms with van der Waals surface area (Å²) in [6.45, 7) is 3.11. The van der Waals surface area contributed by atoms with Crippen LogP contribution in [-0.2, 0) is 11.8 Å². The van der Waals surface area contributed by atoms with Crippen LogP contribution >= 0.6 is 11.6 Å². The smallest absolute Gasteiger partial charge is 0.380 e. The molecule has 144 valence electrons. The van der Waals surface area contributed by atoms with E-state index in [1.807, 2.05) is 6.07 Å². The number of benzene rings is 2. The average molecular weight is 400 g/mol. The zero-order valence-corrected chi connectivity index (χ0v) is 15.5. The van der Waals surface area contributed by atoms with Crippen LogP contribution in [-0.4, -0.2) is 16.9 Å². The minimum Gasteiger partial charge on any atom is -0.380 e. The lowest BCUT2D eigenvalue weighted by molar-refractivity contribution is -0.266. The third kappa shape index (κ3) is 4.79. The number of rotatable bonds is 5. The first-order valence-corrected chi connectivity index (χ1v) is 8.49. The second kappa shape index (κ2) is 7.49. The van der Waals surface area contributed by atoms with Crippen molar-refractivity contribution >= 4 is 11.6 Å². The first-order chi connectivity index (χ1) is 12.4. The second-order valence-corrected chi connectivity index (χ2v) is 7.60. The van der Waals surface area contributed by atoms with Crippen molar-refractivity contribution in [2.75, 3.05) is 0 Å². The Morgan fingerprint density at radius 2 is 1.67 bits per heavy atom. The molecule has 2 aromatic rings. The van der Waals surface area contributed by atoms with Crippen LogP contribution in [0.2, 0.25) is 5.02 Å². The minimum absolute atomic E-state index is 0.0173. The Morgan fingerprint density at radius 3 is 2.15 bits per heavy atom. The van der Waals surface area contributed by atoms with Crippen molar-refractivity contribution in [2.24, 2.45) is 0 Å². The summed E-state index contributed by atoms with van der Waals surface area (Å²) in [7, 11) is 0. The van der Waals surface area contributed by atoms with Gasteiger partial charge in [0.25, 0.3) is 0 Å². The van der Waals surface area contributed by atoms with Crippen LogP contribution in [0.15, 0.2) is 42.5 Å². The van der Waals surface area contributed by atoms with Crippen molar-refractivity contribution < 1.29 is 22.7 Å². The molecule has 0 heterocycles. The van der Waals surface area contributed by atoms with Gasteiger partial charge in [0.05, 0.1) is 11.6 Å². The van der Waals surface area contributed by atoms with Crippen LogP contribution in [0.25, 0.3) is 0 Å². The van der Waals surface area contributed by atoms with Gasteiger partial charge in [-0.25, -0.2) is 4.39 Å². The fourth-order valence-electron chi connectivity index (χ4n) is 3.07. The van der Waals surface area contributed by atoms with E-state index in [0.29, 0.717) is 5.56 Å². The van der Waals surface area contributed by atoms with E-state index in [2.05, 4.69) is 0 Å². The van der Waals surface area contributed by atoms with E-state index in [-0.39, 0.29) is 16.1 Å². The van der Waals surface area contributed by atoms with Crippen molar-refractivity contribution in [1.82, 2.24) is 0 Å². The quantitative estimate of drug-likeness (QED) is 0.669. The molecule has 2 nitrogen and oxygen atoms in total. The maximum Gasteiger partial charge on any atom is 0.417 e. The summed E-state index contributed by atoms with van der Waals surface area (Å²) in [4.78, 5) is 0. The maximum absolute atomic E-state index is 13.8. The summed E-state index contributed by atoms with van der Waals surface area (Å²) in [6, 6.07) is 10.9. The third-order valence-electron chi connectivity index (χ3n) is 4.55. The Labute approximate surface area is 160 Å². The summed E-state index contributed by atoms with van der Waals surface area (Å²) in [5.74, 6) is -0.495. The number of halogens is 5. The van der Waals surface area contributed by atoms with Gasteiger partial charge in [0, 0.05) is 11.4 Å². The largest absolute Gasteiger partial charge is 0.417 e. The lowest BCUT2D eigenvalue weighted by atomic mass is 9.73. The Bertz CT molecular complexity index is 856. The summed E-state index contributed by atoms with van der Waals surface area (Å²) in [5, 5.41) is 19.4. The summed E-state index contributed by atoms with van der Waals surface area (Å²) in [5.41, 5.74) is -3.37. The highest BCUT2D eigenvalue weighted by atomic mass is 35.5. The van der Waals surface area contributed by atoms with E-state index < -0.39 is 35.9 Å². The topological polar surface area (TPSA) is 44.0 Å². The van der Waals surface area contributed by atoms with E-state index in [1.54, 1.807) is 13.8 Å². The van der Waals surface area contributed by atoms with Crippen LogP contribution in [0, 0.1) is 17.1 Å². The standard InChI is InChI=1S/C20H18ClF4NO/c1-18(2,15-5-7-16(22)8-6-15)12-19(27,20(23,24)25)10-14-4-3-13(11-26)9-17(14)21/h3-9,27H,10,12H2,1-2H3. The fraction of sp³-hybridized carbons (Fsp3) is 0.350. The fourth-order valence-corrected chi connectivity index (χ4v) is 3.32. The second-order valence-electron chi connectivity index (χ2n) is 7.19. The van der Waals surface area contributed by atoms with Gasteiger partial charge in [-0.15, -0.1) is 0 Å². The summed E-state index contributed by atoms with van der Waals surface area (Å²) in [6.07, 6.45) is -6.32. The van der Waals surface area contributed by atoms with Gasteiger partial charge >= 0.3 is 6.18 Å². The average Bonchev–Trinajstić information content (AvgIpc) is 2.55. The van der Waals surface area contributed by atoms with E-state index in [4.69, 9.17) is 16.9 Å². The van der Waals surface area contributed by atoms with Gasteiger partial charge in [-0.2, -0.15) is 18.4 Å². The number of hydrogen-bond acceptors (Lipinski definition) is 2. The highest BCUT2D eigenvalue weighted by Crippen LogP contribution is 2.43. The van der Waals surface area contributed by atoms with Crippen molar-refractivity contribution in [3.05, 3.63) is 70.0 Å². The molecule has 0 aromatic heterocycles. The SMILES string of the molecule is CC(C)(CC(O)(Cc1ccc(C#N)cc1Cl)C(F)(F)F)c1ccc(F)cc1. The molecule has 0 aliphatic heterocycles. The molecule has 7 heteroatoms. The Morgan fingerprint density at radius 1 is 1.07 bits per heavy atom. The molecule has 2 rings (SSSR count). The molecule has 0 radical (unpaired) electrons. The molecule has 27 heavy (non-hydrogen) atoms. The predicted octanol–water partition coefficient (Wildman–Crippen LogP) is 5.55. The molecule has 0 bridgehead atoms. The zero-order chi connectivity index (χ0) is 20.5. The lowest BCUT2D eigenvalue weighted by Gasteiger charge is -2.38. The first-order valence-electron chi connectivity index (χ1n) is 8.12. The molecule has 0 aliphatic carbocycles. The maximum atomic E-state index is 13.8. The number of hydrogen-bond donors (Lipinski definition) is 1. The van der Waals surface area contributed by atoms with Crippen molar-refractivity contribution in [2.45, 2.75) is 43.9 Å². The van der Waals surface area contributed by atoms with Crippen LogP contribution in [0.5, 0.6) is 0 Å². The molecule has 0 spiro atoms. The highest BCUT2D eigenvalue weighted by Gasteiger charge is 2.55. The number of nitriles is 1. The van der Waals surface area contributed by atoms with E-state index in [9.17, 15) is 22.7 Å². The predicted molar refractivity (Wildman–Crippen MR) is 94.9 cm³/mol. The number of nitrogens with zero attached hydrogens (tertiary/aromatic N) is 1. The molecule has 0 amide bonds. The molecule has 0 saturated carbocycles. The van der Waals surface area contributed by atoms with Gasteiger partial charge in [-0.3, -0.25) is 0 Å². The Hall–Kier alpha value is -2.10. The van der Waals surface area contributed by atoms with Crippen molar-refractivity contribution in [3.63, 3.8) is 0 Å². The normalized spacial score (nSPS) is 14.5. The first kappa shape index (κ1) is 21.2. The van der Waals surface area contributed by atoms with E-state index in [0.717, 1.165) is 0 Å². The zero-order valence-electron chi connectivity index (χ0n) is 14.7. The molecule has 1 N–H and O–H groups in total. The summed E-state index contributed by atoms with van der Waals surface area (Å²) < 4.78 is 54.4. The lowest BCUT2D eigenvalue weighted by Crippen LogP contribution is -2.50. The van der Waals surface area contributed by atoms with E-state index in [1.165, 1.54) is 42.5 Å². The highest BCUT2D eigenvalue weighted by molar-refractivity contribution is 6.31. The van der Waals surface area contributed by atoms with Gasteiger partial charge in [-0.05, 0) is 47.2 Å². The van der Waals surface area contributed by atoms with E-state index >= 15 is 0 Å². The minimum atomic E-state index is -4.92. The van der Waals surface area contributed by atoms with Crippen LogP contribution in [0.3, 0.4) is 0 Å². The van der Waals surface area contributed by atoms with Crippen LogP contribution in [0.1, 0.15) is 37.0 Å². The van der Waals surface area contributed by atoms with Gasteiger partial charge < -0.3 is 5.11 Å². The molecule has 0 saturated heterocycles. The molecule has 2 aromatic carbocycles. The van der Waals surface area contributed by atoms with Crippen LogP contribution in [0.4, 0.5) is 17.6 Å². The van der Waals surface area contributed by atoms with Gasteiger partial charge in [0.15, 0.2) is 5.60 Å². The molecule has 0 fully saturated rings. The molecule has 0 aliphatic rings. The monoisotopic (exact) mass is 399 g/mol. The Balaban J connectivity index is 2.39. The van der Waals surface area contributed by atoms with Crippen molar-refractivity contribution in [3.8, 4) is 6.07 Å². The van der Waals surface area contributed by atoms with Crippen molar-refractivity contribution in [1.29, 1.82) is 5.26 Å². The third-order valence-corrected chi connectivity index (χ3v) is 4.90. The van der Waals surface area contributed by atoms with Crippen LogP contribution < -0.4 is 0 Å². The molecule has 1 atom stereocenters. The van der Waals surface area contributed by atoms with Gasteiger partial charge in [0.1, 0.15) is 5.82 Å². The number of alkyl halides is 3.